The third-order valence-corrected chi connectivity index (χ3v) is 3.54. The van der Waals surface area contributed by atoms with Gasteiger partial charge in [-0.25, -0.2) is 0 Å². The molecule has 0 amide bonds. The molecule has 0 saturated carbocycles. The number of morpholine rings is 1. The van der Waals surface area contributed by atoms with Gasteiger partial charge in [-0.1, -0.05) is 6.92 Å². The average Bonchev–Trinajstić information content (AvgIpc) is 2.47. The lowest BCUT2D eigenvalue weighted by Crippen LogP contribution is -2.49. The highest BCUT2D eigenvalue weighted by Gasteiger charge is 2.26. The molecule has 2 unspecified atom stereocenters. The summed E-state index contributed by atoms with van der Waals surface area (Å²) in [6.07, 6.45) is 1.80. The Balaban J connectivity index is 2.11. The zero-order valence-electron chi connectivity index (χ0n) is 11.5. The predicted octanol–water partition coefficient (Wildman–Crippen LogP) is 1.11. The SMILES string of the molecule is CC[C@@H](O)c1ccc(N2CC(CO)OCC2C)cn1. The van der Waals surface area contributed by atoms with Crippen LogP contribution in [0.3, 0.4) is 0 Å². The van der Waals surface area contributed by atoms with Crippen molar-refractivity contribution < 1.29 is 14.9 Å². The van der Waals surface area contributed by atoms with Crippen molar-refractivity contribution in [3.8, 4) is 0 Å². The standard InChI is InChI=1S/C14H22N2O3/c1-3-14(18)13-5-4-11(6-15-13)16-7-12(8-17)19-9-10(16)2/h4-6,10,12,14,17-18H,3,7-9H2,1-2H3/t10?,12?,14-/m1/s1. The van der Waals surface area contributed by atoms with Gasteiger partial charge in [0.2, 0.25) is 0 Å². The summed E-state index contributed by atoms with van der Waals surface area (Å²) in [4.78, 5) is 6.50. The predicted molar refractivity (Wildman–Crippen MR) is 73.1 cm³/mol. The van der Waals surface area contributed by atoms with Gasteiger partial charge < -0.3 is 19.8 Å². The van der Waals surface area contributed by atoms with Crippen LogP contribution in [0.2, 0.25) is 0 Å². The van der Waals surface area contributed by atoms with Crippen molar-refractivity contribution in [3.63, 3.8) is 0 Å². The van der Waals surface area contributed by atoms with Gasteiger partial charge >= 0.3 is 0 Å². The van der Waals surface area contributed by atoms with Gasteiger partial charge in [-0.3, -0.25) is 4.98 Å². The molecule has 1 aromatic rings. The van der Waals surface area contributed by atoms with Crippen LogP contribution >= 0.6 is 0 Å². The van der Waals surface area contributed by atoms with Gasteiger partial charge in [-0.2, -0.15) is 0 Å². The van der Waals surface area contributed by atoms with E-state index in [2.05, 4.69) is 16.8 Å². The minimum absolute atomic E-state index is 0.0310. The van der Waals surface area contributed by atoms with Gasteiger partial charge in [0, 0.05) is 12.6 Å². The van der Waals surface area contributed by atoms with E-state index in [1.54, 1.807) is 6.20 Å². The van der Waals surface area contributed by atoms with Crippen molar-refractivity contribution in [3.05, 3.63) is 24.0 Å². The third kappa shape index (κ3) is 3.23. The number of aliphatic hydroxyl groups excluding tert-OH is 2. The zero-order chi connectivity index (χ0) is 13.8. The maximum Gasteiger partial charge on any atom is 0.0981 e. The number of hydrogen-bond acceptors (Lipinski definition) is 5. The van der Waals surface area contributed by atoms with E-state index >= 15 is 0 Å². The molecule has 5 heteroatoms. The molecule has 1 saturated heterocycles. The molecule has 1 aromatic heterocycles. The van der Waals surface area contributed by atoms with E-state index in [0.717, 1.165) is 5.69 Å². The molecule has 3 atom stereocenters. The van der Waals surface area contributed by atoms with E-state index in [9.17, 15) is 10.2 Å². The molecule has 1 aliphatic rings. The van der Waals surface area contributed by atoms with Gasteiger partial charge in [0.25, 0.3) is 0 Å². The first kappa shape index (κ1) is 14.2. The number of nitrogens with zero attached hydrogens (tertiary/aromatic N) is 2. The lowest BCUT2D eigenvalue weighted by molar-refractivity contribution is -0.0103. The van der Waals surface area contributed by atoms with Crippen LogP contribution in [-0.4, -0.2) is 47.1 Å². The Morgan fingerprint density at radius 2 is 2.32 bits per heavy atom. The number of ether oxygens (including phenoxy) is 1. The third-order valence-electron chi connectivity index (χ3n) is 3.54. The second-order valence-corrected chi connectivity index (χ2v) is 5.00. The number of rotatable bonds is 4. The molecule has 1 fully saturated rings. The van der Waals surface area contributed by atoms with Crippen molar-refractivity contribution in [1.82, 2.24) is 4.98 Å². The summed E-state index contributed by atoms with van der Waals surface area (Å²) in [5, 5.41) is 18.9. The van der Waals surface area contributed by atoms with Gasteiger partial charge in [-0.05, 0) is 25.5 Å². The minimum Gasteiger partial charge on any atom is -0.394 e. The molecule has 2 N–H and O–H groups in total. The monoisotopic (exact) mass is 266 g/mol. The molecule has 0 bridgehead atoms. The van der Waals surface area contributed by atoms with E-state index < -0.39 is 6.10 Å². The highest BCUT2D eigenvalue weighted by Crippen LogP contribution is 2.23. The largest absolute Gasteiger partial charge is 0.394 e. The van der Waals surface area contributed by atoms with Crippen molar-refractivity contribution in [2.75, 3.05) is 24.7 Å². The molecule has 0 aromatic carbocycles. The maximum atomic E-state index is 9.73. The van der Waals surface area contributed by atoms with Crippen LogP contribution in [0.5, 0.6) is 0 Å². The molecule has 2 heterocycles. The highest BCUT2D eigenvalue weighted by molar-refractivity contribution is 5.46. The zero-order valence-corrected chi connectivity index (χ0v) is 11.5. The molecule has 19 heavy (non-hydrogen) atoms. The molecule has 5 nitrogen and oxygen atoms in total. The van der Waals surface area contributed by atoms with E-state index in [4.69, 9.17) is 4.74 Å². The lowest BCUT2D eigenvalue weighted by atomic mass is 10.1. The van der Waals surface area contributed by atoms with Crippen molar-refractivity contribution in [1.29, 1.82) is 0 Å². The van der Waals surface area contributed by atoms with Gasteiger partial charge in [-0.15, -0.1) is 0 Å². The molecule has 106 valence electrons. The highest BCUT2D eigenvalue weighted by atomic mass is 16.5. The summed E-state index contributed by atoms with van der Waals surface area (Å²) in [6, 6.07) is 4.09. The second-order valence-electron chi connectivity index (χ2n) is 5.00. The van der Waals surface area contributed by atoms with Gasteiger partial charge in [0.05, 0.1) is 43.0 Å². The molecular weight excluding hydrogens is 244 g/mol. The summed E-state index contributed by atoms with van der Waals surface area (Å²) < 4.78 is 5.52. The summed E-state index contributed by atoms with van der Waals surface area (Å²) in [6.45, 7) is 5.31. The van der Waals surface area contributed by atoms with Crippen molar-refractivity contribution in [2.24, 2.45) is 0 Å². The summed E-state index contributed by atoms with van der Waals surface area (Å²) >= 11 is 0. The van der Waals surface area contributed by atoms with E-state index in [0.29, 0.717) is 25.3 Å². The maximum absolute atomic E-state index is 9.73. The topological polar surface area (TPSA) is 65.8 Å². The Morgan fingerprint density at radius 3 is 2.89 bits per heavy atom. The number of aliphatic hydroxyl groups is 2. The average molecular weight is 266 g/mol. The number of anilines is 1. The number of pyridine rings is 1. The van der Waals surface area contributed by atoms with Crippen LogP contribution in [0.4, 0.5) is 5.69 Å². The van der Waals surface area contributed by atoms with Crippen molar-refractivity contribution >= 4 is 5.69 Å². The Labute approximate surface area is 113 Å². The molecular formula is C14H22N2O3. The fraction of sp³-hybridized carbons (Fsp3) is 0.643. The van der Waals surface area contributed by atoms with Crippen LogP contribution in [0.25, 0.3) is 0 Å². The summed E-state index contributed by atoms with van der Waals surface area (Å²) in [5.74, 6) is 0. The van der Waals surface area contributed by atoms with E-state index in [1.165, 1.54) is 0 Å². The van der Waals surface area contributed by atoms with E-state index in [-0.39, 0.29) is 18.8 Å². The Bertz CT molecular complexity index is 396. The van der Waals surface area contributed by atoms with E-state index in [1.807, 2.05) is 19.1 Å². The number of aromatic nitrogens is 1. The first-order chi connectivity index (χ1) is 9.15. The Hall–Kier alpha value is -1.17. The Kier molecular flexibility index (Phi) is 4.74. The first-order valence-corrected chi connectivity index (χ1v) is 6.78. The minimum atomic E-state index is -0.499. The Morgan fingerprint density at radius 1 is 1.53 bits per heavy atom. The smallest absolute Gasteiger partial charge is 0.0981 e. The van der Waals surface area contributed by atoms with Crippen molar-refractivity contribution in [2.45, 2.75) is 38.5 Å². The van der Waals surface area contributed by atoms with Crippen LogP contribution in [-0.2, 0) is 4.74 Å². The van der Waals surface area contributed by atoms with Gasteiger partial charge in [0.15, 0.2) is 0 Å². The van der Waals surface area contributed by atoms with Gasteiger partial charge in [0.1, 0.15) is 0 Å². The molecule has 0 spiro atoms. The summed E-state index contributed by atoms with van der Waals surface area (Å²) in [7, 11) is 0. The normalized spacial score (nSPS) is 25.4. The molecule has 0 aliphatic carbocycles. The number of hydrogen-bond donors (Lipinski definition) is 2. The van der Waals surface area contributed by atoms with Crippen LogP contribution < -0.4 is 4.90 Å². The quantitative estimate of drug-likeness (QED) is 0.854. The fourth-order valence-electron chi connectivity index (χ4n) is 2.26. The molecule has 2 rings (SSSR count). The van der Waals surface area contributed by atoms with Crippen LogP contribution in [0, 0.1) is 0 Å². The fourth-order valence-corrected chi connectivity index (χ4v) is 2.26. The second kappa shape index (κ2) is 6.32. The summed E-state index contributed by atoms with van der Waals surface area (Å²) in [5.41, 5.74) is 1.70. The first-order valence-electron chi connectivity index (χ1n) is 6.78. The van der Waals surface area contributed by atoms with Crippen LogP contribution in [0.1, 0.15) is 32.1 Å². The lowest BCUT2D eigenvalue weighted by Gasteiger charge is -2.38. The molecule has 1 aliphatic heterocycles. The molecule has 0 radical (unpaired) electrons. The van der Waals surface area contributed by atoms with Crippen LogP contribution in [0.15, 0.2) is 18.3 Å².